The van der Waals surface area contributed by atoms with Crippen molar-refractivity contribution in [2.75, 3.05) is 0 Å². The third-order valence-corrected chi connectivity index (χ3v) is 13.5. The minimum absolute atomic E-state index is 0.581. The van der Waals surface area contributed by atoms with E-state index in [0.29, 0.717) is 17.5 Å². The SMILES string of the molecule is c1ccc(-c2ccc(-c3nc(-c4ccccc4)nc(-c4cccc5oc6cc(-c7ccc8c(c7)oc7ccc(-n9c%10ccccc%10c%10cc(-c%11ccccc%11)ccc%109)cc78)ccc6c45)n3)cc2)cc1. The van der Waals surface area contributed by atoms with Gasteiger partial charge in [0.2, 0.25) is 0 Å². The average Bonchev–Trinajstić information content (AvgIpc) is 4.10. The van der Waals surface area contributed by atoms with Gasteiger partial charge in [-0.25, -0.2) is 15.0 Å². The first-order valence-electron chi connectivity index (χ1n) is 23.2. The largest absolute Gasteiger partial charge is 0.456 e. The summed E-state index contributed by atoms with van der Waals surface area (Å²) in [4.78, 5) is 15.2. The van der Waals surface area contributed by atoms with Crippen LogP contribution in [-0.4, -0.2) is 19.5 Å². The Bertz CT molecular complexity index is 4290. The lowest BCUT2D eigenvalue weighted by atomic mass is 10.0. The molecular weight excluding hydrogens is 845 g/mol. The third kappa shape index (κ3) is 6.53. The van der Waals surface area contributed by atoms with Crippen LogP contribution in [0.2, 0.25) is 0 Å². The Morgan fingerprint density at radius 1 is 0.275 bits per heavy atom. The first kappa shape index (κ1) is 38.8. The topological polar surface area (TPSA) is 69.9 Å². The summed E-state index contributed by atoms with van der Waals surface area (Å²) >= 11 is 0. The van der Waals surface area contributed by atoms with Gasteiger partial charge in [0.15, 0.2) is 17.5 Å². The highest BCUT2D eigenvalue weighted by atomic mass is 16.3. The highest BCUT2D eigenvalue weighted by Crippen LogP contribution is 2.41. The van der Waals surface area contributed by atoms with E-state index in [2.05, 4.69) is 187 Å². The maximum Gasteiger partial charge on any atom is 0.164 e. The van der Waals surface area contributed by atoms with Gasteiger partial charge in [-0.1, -0.05) is 164 Å². The summed E-state index contributed by atoms with van der Waals surface area (Å²) in [7, 11) is 0. The molecule has 0 N–H and O–H groups in total. The molecule has 14 rings (SSSR count). The lowest BCUT2D eigenvalue weighted by Gasteiger charge is -2.10. The first-order chi connectivity index (χ1) is 34.2. The maximum absolute atomic E-state index is 6.64. The number of furan rings is 2. The highest BCUT2D eigenvalue weighted by Gasteiger charge is 2.20. The Labute approximate surface area is 396 Å². The molecule has 6 nitrogen and oxygen atoms in total. The van der Waals surface area contributed by atoms with Gasteiger partial charge >= 0.3 is 0 Å². The van der Waals surface area contributed by atoms with E-state index in [4.69, 9.17) is 23.8 Å². The molecule has 322 valence electrons. The van der Waals surface area contributed by atoms with Crippen molar-refractivity contribution in [1.82, 2.24) is 19.5 Å². The van der Waals surface area contributed by atoms with Crippen molar-refractivity contribution in [3.8, 4) is 73.2 Å². The van der Waals surface area contributed by atoms with Crippen LogP contribution in [0.15, 0.2) is 239 Å². The van der Waals surface area contributed by atoms with Crippen LogP contribution in [0.5, 0.6) is 0 Å². The third-order valence-electron chi connectivity index (χ3n) is 13.5. The van der Waals surface area contributed by atoms with Gasteiger partial charge in [-0.2, -0.15) is 0 Å². The number of nitrogens with zero attached hydrogens (tertiary/aromatic N) is 4. The molecule has 69 heavy (non-hydrogen) atoms. The molecule has 0 aliphatic carbocycles. The Morgan fingerprint density at radius 3 is 1.54 bits per heavy atom. The second-order valence-electron chi connectivity index (χ2n) is 17.6. The number of hydrogen-bond acceptors (Lipinski definition) is 5. The number of aromatic nitrogens is 4. The molecule has 6 heteroatoms. The van der Waals surface area contributed by atoms with Crippen molar-refractivity contribution in [1.29, 1.82) is 0 Å². The molecule has 4 heterocycles. The summed E-state index contributed by atoms with van der Waals surface area (Å²) < 4.78 is 15.6. The van der Waals surface area contributed by atoms with Gasteiger partial charge in [0.05, 0.1) is 11.0 Å². The lowest BCUT2D eigenvalue weighted by Crippen LogP contribution is -2.00. The molecule has 10 aromatic carbocycles. The quantitative estimate of drug-likeness (QED) is 0.159. The monoisotopic (exact) mass is 882 g/mol. The predicted molar refractivity (Wildman–Crippen MR) is 281 cm³/mol. The minimum atomic E-state index is 0.581. The van der Waals surface area contributed by atoms with Gasteiger partial charge in [0.25, 0.3) is 0 Å². The molecule has 4 aromatic heterocycles. The van der Waals surface area contributed by atoms with E-state index in [1.165, 1.54) is 32.9 Å². The van der Waals surface area contributed by atoms with Gasteiger partial charge < -0.3 is 13.4 Å². The molecule has 0 aliphatic rings. The van der Waals surface area contributed by atoms with Crippen molar-refractivity contribution < 1.29 is 8.83 Å². The molecular formula is C63H38N4O2. The van der Waals surface area contributed by atoms with E-state index >= 15 is 0 Å². The molecule has 0 unspecified atom stereocenters. The molecule has 0 radical (unpaired) electrons. The number of hydrogen-bond donors (Lipinski definition) is 0. The maximum atomic E-state index is 6.64. The number of para-hydroxylation sites is 1. The molecule has 0 bridgehead atoms. The summed E-state index contributed by atoms with van der Waals surface area (Å²) in [6.07, 6.45) is 0. The van der Waals surface area contributed by atoms with Gasteiger partial charge in [-0.3, -0.25) is 0 Å². The fourth-order valence-corrected chi connectivity index (χ4v) is 10.1. The predicted octanol–water partition coefficient (Wildman–Crippen LogP) is 16.8. The van der Waals surface area contributed by atoms with Crippen LogP contribution in [0.3, 0.4) is 0 Å². The summed E-state index contributed by atoms with van der Waals surface area (Å²) in [6, 6.07) is 80.4. The van der Waals surface area contributed by atoms with E-state index in [1.807, 2.05) is 48.5 Å². The fraction of sp³-hybridized carbons (Fsp3) is 0. The molecule has 0 amide bonds. The van der Waals surface area contributed by atoms with E-state index < -0.39 is 0 Å². The van der Waals surface area contributed by atoms with Crippen molar-refractivity contribution >= 4 is 65.7 Å². The van der Waals surface area contributed by atoms with Crippen LogP contribution in [0.25, 0.3) is 139 Å². The van der Waals surface area contributed by atoms with Gasteiger partial charge in [0, 0.05) is 54.7 Å². The zero-order chi connectivity index (χ0) is 45.4. The van der Waals surface area contributed by atoms with Crippen molar-refractivity contribution in [3.05, 3.63) is 231 Å². The molecule has 0 atom stereocenters. The number of rotatable bonds is 7. The molecule has 0 spiro atoms. The zero-order valence-corrected chi connectivity index (χ0v) is 37.0. The normalized spacial score (nSPS) is 11.8. The van der Waals surface area contributed by atoms with Crippen molar-refractivity contribution in [2.45, 2.75) is 0 Å². The standard InChI is InChI=1S/C63H38N4O2/c1-4-13-39(14-5-1)41-23-25-43(26-24-41)62-64-61(42-17-8-3-9-18-42)65-63(66-62)51-20-12-22-57-60(51)50-32-28-46(37-59(50)69-57)45-27-31-49-53-38-47(30-34-56(53)68-58(49)36-45)67-54-21-11-10-19-48(54)52-35-44(29-33-55(52)67)40-15-6-2-7-16-40/h1-38H. The first-order valence-corrected chi connectivity index (χ1v) is 23.2. The van der Waals surface area contributed by atoms with Crippen LogP contribution in [-0.2, 0) is 0 Å². The smallest absolute Gasteiger partial charge is 0.164 e. The Morgan fingerprint density at radius 2 is 0.797 bits per heavy atom. The van der Waals surface area contributed by atoms with Crippen LogP contribution in [0.4, 0.5) is 0 Å². The second-order valence-corrected chi connectivity index (χ2v) is 17.6. The van der Waals surface area contributed by atoms with E-state index in [9.17, 15) is 0 Å². The van der Waals surface area contributed by atoms with Crippen LogP contribution >= 0.6 is 0 Å². The Kier molecular flexibility index (Phi) is 8.79. The molecule has 0 aliphatic heterocycles. The second kappa shape index (κ2) is 15.6. The molecule has 0 saturated carbocycles. The summed E-state index contributed by atoms with van der Waals surface area (Å²) in [5.41, 5.74) is 16.1. The fourth-order valence-electron chi connectivity index (χ4n) is 10.1. The van der Waals surface area contributed by atoms with Crippen LogP contribution < -0.4 is 0 Å². The van der Waals surface area contributed by atoms with Crippen LogP contribution in [0, 0.1) is 0 Å². The molecule has 14 aromatic rings. The zero-order valence-electron chi connectivity index (χ0n) is 37.0. The summed E-state index contributed by atoms with van der Waals surface area (Å²) in [5.74, 6) is 1.79. The van der Waals surface area contributed by atoms with Gasteiger partial charge in [0.1, 0.15) is 22.3 Å². The van der Waals surface area contributed by atoms with E-state index in [1.54, 1.807) is 0 Å². The summed E-state index contributed by atoms with van der Waals surface area (Å²) in [5, 5.41) is 6.53. The number of fused-ring (bicyclic) bond motifs is 9. The molecule has 0 fully saturated rings. The van der Waals surface area contributed by atoms with Crippen molar-refractivity contribution in [3.63, 3.8) is 0 Å². The Balaban J connectivity index is 0.833. The average molecular weight is 883 g/mol. The Hall–Kier alpha value is -9.39. The van der Waals surface area contributed by atoms with Gasteiger partial charge in [-0.15, -0.1) is 0 Å². The van der Waals surface area contributed by atoms with E-state index in [-0.39, 0.29) is 0 Å². The summed E-state index contributed by atoms with van der Waals surface area (Å²) in [6.45, 7) is 0. The van der Waals surface area contributed by atoms with Crippen LogP contribution in [0.1, 0.15) is 0 Å². The molecule has 0 saturated heterocycles. The highest BCUT2D eigenvalue weighted by molar-refractivity contribution is 6.14. The number of benzene rings is 10. The van der Waals surface area contributed by atoms with Crippen molar-refractivity contribution in [2.24, 2.45) is 0 Å². The van der Waals surface area contributed by atoms with Gasteiger partial charge in [-0.05, 0) is 100 Å². The lowest BCUT2D eigenvalue weighted by molar-refractivity contribution is 0.668. The minimum Gasteiger partial charge on any atom is -0.456 e. The van der Waals surface area contributed by atoms with E-state index in [0.717, 1.165) is 88.5 Å².